The molecule has 0 aliphatic heterocycles. The molecule has 0 saturated heterocycles. The number of hydrogen-bond donors (Lipinski definition) is 1. The predicted molar refractivity (Wildman–Crippen MR) is 79.3 cm³/mol. The molecule has 0 unspecified atom stereocenters. The first kappa shape index (κ1) is 12.8. The third-order valence-corrected chi connectivity index (χ3v) is 3.52. The summed E-state index contributed by atoms with van der Waals surface area (Å²) >= 11 is 6.16. The van der Waals surface area contributed by atoms with Crippen LogP contribution in [0.4, 0.5) is 0 Å². The summed E-state index contributed by atoms with van der Waals surface area (Å²) in [7, 11) is 0. The summed E-state index contributed by atoms with van der Waals surface area (Å²) < 4.78 is 5.65. The van der Waals surface area contributed by atoms with Gasteiger partial charge in [0, 0.05) is 16.7 Å². The Balaban J connectivity index is 2.41. The van der Waals surface area contributed by atoms with Crippen LogP contribution in [0.3, 0.4) is 0 Å². The van der Waals surface area contributed by atoms with Gasteiger partial charge in [-0.3, -0.25) is 4.79 Å². The topological polar surface area (TPSA) is 50.4 Å². The number of benzene rings is 2. The lowest BCUT2D eigenvalue weighted by molar-refractivity contribution is 0.473. The lowest BCUT2D eigenvalue weighted by atomic mass is 10.0. The highest BCUT2D eigenvalue weighted by Crippen LogP contribution is 2.30. The molecule has 0 saturated carbocycles. The Labute approximate surface area is 120 Å². The molecule has 4 heteroatoms. The normalized spacial score (nSPS) is 10.9. The Kier molecular flexibility index (Phi) is 2.99. The maximum Gasteiger partial charge on any atom is 0.200 e. The molecule has 0 spiro atoms. The van der Waals surface area contributed by atoms with Crippen molar-refractivity contribution in [2.45, 2.75) is 6.92 Å². The molecule has 1 N–H and O–H groups in total. The van der Waals surface area contributed by atoms with Gasteiger partial charge in [0.1, 0.15) is 17.1 Å². The summed E-state index contributed by atoms with van der Waals surface area (Å²) in [4.78, 5) is 12.6. The summed E-state index contributed by atoms with van der Waals surface area (Å²) in [5.41, 5.74) is 1.31. The molecule has 1 aromatic heterocycles. The van der Waals surface area contributed by atoms with Gasteiger partial charge in [-0.2, -0.15) is 0 Å². The molecule has 0 bridgehead atoms. The Morgan fingerprint density at radius 2 is 1.90 bits per heavy atom. The fourth-order valence-electron chi connectivity index (χ4n) is 2.27. The van der Waals surface area contributed by atoms with Crippen molar-refractivity contribution in [2.75, 3.05) is 0 Å². The van der Waals surface area contributed by atoms with E-state index in [9.17, 15) is 9.90 Å². The number of aromatic hydroxyl groups is 1. The van der Waals surface area contributed by atoms with Gasteiger partial charge in [-0.05, 0) is 25.1 Å². The van der Waals surface area contributed by atoms with Gasteiger partial charge in [-0.1, -0.05) is 29.8 Å². The Morgan fingerprint density at radius 1 is 1.15 bits per heavy atom. The van der Waals surface area contributed by atoms with Crippen LogP contribution in [0.15, 0.2) is 51.7 Å². The lowest BCUT2D eigenvalue weighted by Crippen LogP contribution is -2.07. The van der Waals surface area contributed by atoms with Crippen LogP contribution in [0.25, 0.3) is 22.1 Å². The highest BCUT2D eigenvalue weighted by Gasteiger charge is 2.15. The number of aryl methyl sites for hydroxylation is 1. The first-order valence-corrected chi connectivity index (χ1v) is 6.47. The molecule has 3 aromatic rings. The van der Waals surface area contributed by atoms with Crippen molar-refractivity contribution in [2.24, 2.45) is 0 Å². The molecule has 3 rings (SSSR count). The molecule has 100 valence electrons. The monoisotopic (exact) mass is 286 g/mol. The number of halogens is 1. The van der Waals surface area contributed by atoms with Gasteiger partial charge < -0.3 is 9.52 Å². The van der Waals surface area contributed by atoms with Crippen molar-refractivity contribution in [1.82, 2.24) is 0 Å². The molecule has 0 fully saturated rings. The van der Waals surface area contributed by atoms with Crippen LogP contribution in [0, 0.1) is 6.92 Å². The minimum absolute atomic E-state index is 0.0607. The Morgan fingerprint density at radius 3 is 2.65 bits per heavy atom. The SMILES string of the molecule is Cc1oc2cc(O)ccc2c(=O)c1-c1ccccc1Cl. The summed E-state index contributed by atoms with van der Waals surface area (Å²) in [5.74, 6) is 0.534. The number of fused-ring (bicyclic) bond motifs is 1. The van der Waals surface area contributed by atoms with E-state index >= 15 is 0 Å². The summed E-state index contributed by atoms with van der Waals surface area (Å²) in [6.45, 7) is 1.71. The van der Waals surface area contributed by atoms with Crippen LogP contribution in [0.5, 0.6) is 5.75 Å². The molecule has 1 heterocycles. The van der Waals surface area contributed by atoms with Crippen molar-refractivity contribution >= 4 is 22.6 Å². The average Bonchev–Trinajstić information content (AvgIpc) is 2.40. The van der Waals surface area contributed by atoms with Crippen LogP contribution >= 0.6 is 11.6 Å². The molecule has 0 aliphatic carbocycles. The van der Waals surface area contributed by atoms with E-state index in [1.165, 1.54) is 12.1 Å². The molecule has 0 amide bonds. The van der Waals surface area contributed by atoms with Crippen molar-refractivity contribution in [3.8, 4) is 16.9 Å². The zero-order valence-corrected chi connectivity index (χ0v) is 11.4. The van der Waals surface area contributed by atoms with Gasteiger partial charge in [0.05, 0.1) is 10.9 Å². The highest BCUT2D eigenvalue weighted by molar-refractivity contribution is 6.33. The smallest absolute Gasteiger partial charge is 0.200 e. The fraction of sp³-hybridized carbons (Fsp3) is 0.0625. The molecule has 0 radical (unpaired) electrons. The maximum absolute atomic E-state index is 12.6. The van der Waals surface area contributed by atoms with E-state index in [1.54, 1.807) is 25.1 Å². The number of hydrogen-bond acceptors (Lipinski definition) is 3. The average molecular weight is 287 g/mol. The predicted octanol–water partition coefficient (Wildman–Crippen LogP) is 4.13. The standard InChI is InChI=1S/C16H11ClO3/c1-9-15(11-4-2-3-5-13(11)17)16(19)12-7-6-10(18)8-14(12)20-9/h2-8,18H,1H3. The largest absolute Gasteiger partial charge is 0.508 e. The summed E-state index contributed by atoms with van der Waals surface area (Å²) in [5, 5.41) is 10.4. The minimum atomic E-state index is -0.156. The third kappa shape index (κ3) is 1.96. The van der Waals surface area contributed by atoms with Crippen LogP contribution in [-0.4, -0.2) is 5.11 Å². The number of phenols is 1. The molecule has 3 nitrogen and oxygen atoms in total. The molecule has 0 atom stereocenters. The van der Waals surface area contributed by atoms with Gasteiger partial charge >= 0.3 is 0 Å². The molecule has 2 aromatic carbocycles. The van der Waals surface area contributed by atoms with Crippen LogP contribution < -0.4 is 5.43 Å². The van der Waals surface area contributed by atoms with Gasteiger partial charge in [0.2, 0.25) is 5.43 Å². The quantitative estimate of drug-likeness (QED) is 0.732. The van der Waals surface area contributed by atoms with Gasteiger partial charge in [-0.25, -0.2) is 0 Å². The van der Waals surface area contributed by atoms with E-state index in [0.717, 1.165) is 0 Å². The van der Waals surface area contributed by atoms with Crippen molar-refractivity contribution in [3.05, 3.63) is 63.5 Å². The molecular weight excluding hydrogens is 276 g/mol. The number of phenolic OH excluding ortho intramolecular Hbond substituents is 1. The van der Waals surface area contributed by atoms with E-state index in [1.807, 2.05) is 12.1 Å². The van der Waals surface area contributed by atoms with Crippen molar-refractivity contribution in [1.29, 1.82) is 0 Å². The number of rotatable bonds is 1. The van der Waals surface area contributed by atoms with Gasteiger partial charge in [0.25, 0.3) is 0 Å². The first-order chi connectivity index (χ1) is 9.58. The second-order valence-electron chi connectivity index (χ2n) is 4.52. The van der Waals surface area contributed by atoms with E-state index in [4.69, 9.17) is 16.0 Å². The van der Waals surface area contributed by atoms with Crippen LogP contribution in [0.2, 0.25) is 5.02 Å². The van der Waals surface area contributed by atoms with Crippen LogP contribution in [0.1, 0.15) is 5.76 Å². The van der Waals surface area contributed by atoms with E-state index < -0.39 is 0 Å². The highest BCUT2D eigenvalue weighted by atomic mass is 35.5. The second-order valence-corrected chi connectivity index (χ2v) is 4.93. The van der Waals surface area contributed by atoms with Gasteiger partial charge in [0.15, 0.2) is 0 Å². The Bertz CT molecular complexity index is 865. The lowest BCUT2D eigenvalue weighted by Gasteiger charge is -2.08. The zero-order valence-electron chi connectivity index (χ0n) is 10.7. The van der Waals surface area contributed by atoms with E-state index in [0.29, 0.717) is 32.9 Å². The molecule has 20 heavy (non-hydrogen) atoms. The van der Waals surface area contributed by atoms with Crippen molar-refractivity contribution < 1.29 is 9.52 Å². The van der Waals surface area contributed by atoms with Crippen LogP contribution in [-0.2, 0) is 0 Å². The van der Waals surface area contributed by atoms with E-state index in [-0.39, 0.29) is 11.2 Å². The zero-order chi connectivity index (χ0) is 14.3. The van der Waals surface area contributed by atoms with Crippen molar-refractivity contribution in [3.63, 3.8) is 0 Å². The third-order valence-electron chi connectivity index (χ3n) is 3.20. The van der Waals surface area contributed by atoms with E-state index in [2.05, 4.69) is 0 Å². The van der Waals surface area contributed by atoms with Gasteiger partial charge in [-0.15, -0.1) is 0 Å². The fourth-order valence-corrected chi connectivity index (χ4v) is 2.50. The summed E-state index contributed by atoms with van der Waals surface area (Å²) in [6.07, 6.45) is 0. The maximum atomic E-state index is 12.6. The first-order valence-electron chi connectivity index (χ1n) is 6.09. The molecule has 0 aliphatic rings. The summed E-state index contributed by atoms with van der Waals surface area (Å²) in [6, 6.07) is 11.6. The second kappa shape index (κ2) is 4.69. The minimum Gasteiger partial charge on any atom is -0.508 e. The Hall–Kier alpha value is -2.26. The molecular formula is C16H11ClO3.